The predicted octanol–water partition coefficient (Wildman–Crippen LogP) is -2.15. The first-order valence-electron chi connectivity index (χ1n) is 2.35. The maximum absolute atomic E-state index is 8.74. The van der Waals surface area contributed by atoms with Crippen molar-refractivity contribution < 1.29 is 28.1 Å². The van der Waals surface area contributed by atoms with Crippen LogP contribution in [0.25, 0.3) is 0 Å². The average molecular weight is 191 g/mol. The van der Waals surface area contributed by atoms with Crippen LogP contribution in [0, 0.1) is 0 Å². The van der Waals surface area contributed by atoms with Gasteiger partial charge >= 0.3 is 10.4 Å². The summed E-state index contributed by atoms with van der Waals surface area (Å²) >= 11 is 0. The molecule has 11 heavy (non-hydrogen) atoms. The van der Waals surface area contributed by atoms with Gasteiger partial charge in [0.1, 0.15) is 0 Å². The third-order valence-electron chi connectivity index (χ3n) is 0.341. The Hall–Kier alpha value is -0.250. The zero-order valence-corrected chi connectivity index (χ0v) is 6.74. The number of aliphatic hydroxyl groups excluding tert-OH is 1. The highest BCUT2D eigenvalue weighted by molar-refractivity contribution is 7.79. The van der Waals surface area contributed by atoms with Crippen LogP contribution < -0.4 is 5.73 Å². The van der Waals surface area contributed by atoms with Gasteiger partial charge in [0.25, 0.3) is 0 Å². The Balaban J connectivity index is -0.000000107. The van der Waals surface area contributed by atoms with E-state index in [4.69, 9.17) is 28.4 Å². The highest BCUT2D eigenvalue weighted by Gasteiger charge is 1.84. The molecule has 7 nitrogen and oxygen atoms in total. The normalized spacial score (nSPS) is 12.1. The zero-order chi connectivity index (χ0) is 8.78. The van der Waals surface area contributed by atoms with Crippen LogP contribution in [-0.2, 0) is 10.4 Å². The van der Waals surface area contributed by atoms with E-state index in [0.717, 1.165) is 0 Å². The fraction of sp³-hybridized carbons (Fsp3) is 1.00. The first kappa shape index (κ1) is 17.0. The molecule has 0 aliphatic carbocycles. The lowest BCUT2D eigenvalue weighted by atomic mass is 10.4. The second-order valence-electron chi connectivity index (χ2n) is 1.53. The summed E-state index contributed by atoms with van der Waals surface area (Å²) in [6, 6.07) is 0. The number of aliphatic hydroxyl groups is 1. The van der Waals surface area contributed by atoms with Crippen molar-refractivity contribution in [3.8, 4) is 0 Å². The van der Waals surface area contributed by atoms with Crippen LogP contribution in [0.4, 0.5) is 0 Å². The summed E-state index contributed by atoms with van der Waals surface area (Å²) in [5.41, 5.74) is 4.92. The number of nitrogens with two attached hydrogens (primary N) is 1. The van der Waals surface area contributed by atoms with Gasteiger partial charge in [-0.05, 0) is 6.92 Å². The molecule has 0 aromatic rings. The second-order valence-corrected chi connectivity index (χ2v) is 2.43. The van der Waals surface area contributed by atoms with Crippen LogP contribution in [0.2, 0.25) is 0 Å². The van der Waals surface area contributed by atoms with Crippen molar-refractivity contribution in [2.24, 2.45) is 5.73 Å². The van der Waals surface area contributed by atoms with E-state index >= 15 is 0 Å². The molecule has 0 saturated heterocycles. The molecule has 0 fully saturated rings. The molecule has 0 aliphatic rings. The van der Waals surface area contributed by atoms with Crippen LogP contribution in [-0.4, -0.2) is 40.8 Å². The molecule has 7 N–H and O–H groups in total. The van der Waals surface area contributed by atoms with Crippen LogP contribution in [0.15, 0.2) is 0 Å². The van der Waals surface area contributed by atoms with E-state index in [1.54, 1.807) is 6.92 Å². The number of rotatable bonds is 1. The summed E-state index contributed by atoms with van der Waals surface area (Å²) in [7, 11) is -4.67. The Labute approximate surface area is 64.7 Å². The van der Waals surface area contributed by atoms with Crippen molar-refractivity contribution in [3.05, 3.63) is 0 Å². The van der Waals surface area contributed by atoms with Crippen molar-refractivity contribution in [1.29, 1.82) is 0 Å². The largest absolute Gasteiger partial charge is 0.412 e. The highest BCUT2D eigenvalue weighted by Crippen LogP contribution is 1.65. The van der Waals surface area contributed by atoms with Crippen molar-refractivity contribution in [1.82, 2.24) is 0 Å². The smallest absolute Gasteiger partial charge is 0.394 e. The lowest BCUT2D eigenvalue weighted by molar-refractivity contribution is 0.203. The third kappa shape index (κ3) is 191. The van der Waals surface area contributed by atoms with Gasteiger partial charge in [-0.15, -0.1) is 0 Å². The summed E-state index contributed by atoms with van der Waals surface area (Å²) in [6.07, 6.45) is -0.338. The van der Waals surface area contributed by atoms with E-state index in [1.807, 2.05) is 0 Å². The Kier molecular flexibility index (Phi) is 12.1. The Morgan fingerprint density at radius 1 is 1.45 bits per heavy atom. The van der Waals surface area contributed by atoms with Gasteiger partial charge in [0.15, 0.2) is 0 Å². The SMILES string of the molecule is CC(O)CN.O.O=S(=O)(O)O. The monoisotopic (exact) mass is 191 g/mol. The van der Waals surface area contributed by atoms with Gasteiger partial charge in [0.2, 0.25) is 0 Å². The van der Waals surface area contributed by atoms with Crippen molar-refractivity contribution in [2.45, 2.75) is 13.0 Å². The topological polar surface area (TPSA) is 152 Å². The van der Waals surface area contributed by atoms with E-state index in [0.29, 0.717) is 6.54 Å². The standard InChI is InChI=1S/C3H9NO.H2O4S.H2O/c1-3(5)2-4;1-5(2,3)4;/h3,5H,2,4H2,1H3;(H2,1,2,3,4);1H2. The molecular weight excluding hydrogens is 178 g/mol. The van der Waals surface area contributed by atoms with Gasteiger partial charge < -0.3 is 16.3 Å². The molecule has 0 aromatic carbocycles. The Morgan fingerprint density at radius 3 is 1.55 bits per heavy atom. The van der Waals surface area contributed by atoms with Crippen LogP contribution in [0.3, 0.4) is 0 Å². The van der Waals surface area contributed by atoms with E-state index < -0.39 is 10.4 Å². The number of hydrogen-bond donors (Lipinski definition) is 4. The molecule has 1 unspecified atom stereocenters. The molecule has 0 heterocycles. The minimum absolute atomic E-state index is 0. The van der Waals surface area contributed by atoms with Crippen LogP contribution in [0.5, 0.6) is 0 Å². The first-order chi connectivity index (χ1) is 4.27. The quantitative estimate of drug-likeness (QED) is 0.346. The molecule has 1 atom stereocenters. The fourth-order valence-electron chi connectivity index (χ4n) is 0. The molecule has 0 amide bonds. The molecule has 0 saturated carbocycles. The summed E-state index contributed by atoms with van der Waals surface area (Å²) in [4.78, 5) is 0. The van der Waals surface area contributed by atoms with E-state index in [9.17, 15) is 0 Å². The van der Waals surface area contributed by atoms with Crippen molar-refractivity contribution in [3.63, 3.8) is 0 Å². The Bertz CT molecular complexity index is 143. The average Bonchev–Trinajstić information content (AvgIpc) is 1.61. The van der Waals surface area contributed by atoms with Gasteiger partial charge in [-0.2, -0.15) is 8.42 Å². The Morgan fingerprint density at radius 2 is 1.55 bits per heavy atom. The maximum atomic E-state index is 8.74. The van der Waals surface area contributed by atoms with E-state index in [1.165, 1.54) is 0 Å². The second kappa shape index (κ2) is 7.85. The molecule has 0 rings (SSSR count). The van der Waals surface area contributed by atoms with E-state index in [-0.39, 0.29) is 11.6 Å². The van der Waals surface area contributed by atoms with Gasteiger partial charge in [0.05, 0.1) is 6.10 Å². The van der Waals surface area contributed by atoms with Crippen LogP contribution >= 0.6 is 0 Å². The molecule has 8 heteroatoms. The maximum Gasteiger partial charge on any atom is 0.394 e. The number of hydrogen-bond acceptors (Lipinski definition) is 4. The molecular formula is C3H13NO6S. The van der Waals surface area contributed by atoms with Crippen molar-refractivity contribution >= 4 is 10.4 Å². The molecule has 0 bridgehead atoms. The summed E-state index contributed by atoms with van der Waals surface area (Å²) in [5, 5.41) is 8.24. The molecule has 72 valence electrons. The summed E-state index contributed by atoms with van der Waals surface area (Å²) < 4.78 is 31.6. The van der Waals surface area contributed by atoms with Gasteiger partial charge in [-0.25, -0.2) is 0 Å². The van der Waals surface area contributed by atoms with Gasteiger partial charge in [-0.1, -0.05) is 0 Å². The van der Waals surface area contributed by atoms with Gasteiger partial charge in [-0.3, -0.25) is 9.11 Å². The van der Waals surface area contributed by atoms with Crippen molar-refractivity contribution in [2.75, 3.05) is 6.54 Å². The minimum atomic E-state index is -4.67. The molecule has 0 aliphatic heterocycles. The predicted molar refractivity (Wildman–Crippen MR) is 38.5 cm³/mol. The lowest BCUT2D eigenvalue weighted by Gasteiger charge is -1.91. The molecule has 0 aromatic heterocycles. The zero-order valence-electron chi connectivity index (χ0n) is 5.93. The minimum Gasteiger partial charge on any atom is -0.412 e. The summed E-state index contributed by atoms with van der Waals surface area (Å²) in [5.74, 6) is 0. The summed E-state index contributed by atoms with van der Waals surface area (Å²) in [6.45, 7) is 2.01. The third-order valence-corrected chi connectivity index (χ3v) is 0.341. The van der Waals surface area contributed by atoms with Gasteiger partial charge in [0, 0.05) is 6.54 Å². The molecule has 0 radical (unpaired) electrons. The highest BCUT2D eigenvalue weighted by atomic mass is 32.3. The fourth-order valence-corrected chi connectivity index (χ4v) is 0. The van der Waals surface area contributed by atoms with Crippen LogP contribution in [0.1, 0.15) is 6.92 Å². The van der Waals surface area contributed by atoms with E-state index in [2.05, 4.69) is 0 Å². The lowest BCUT2D eigenvalue weighted by Crippen LogP contribution is -2.14. The first-order valence-corrected chi connectivity index (χ1v) is 3.75. The molecule has 0 spiro atoms.